The lowest BCUT2D eigenvalue weighted by molar-refractivity contribution is -0.163. The maximum atomic E-state index is 14.7. The monoisotopic (exact) mass is 640 g/mol. The molecule has 0 radical (unpaired) electrons. The highest BCUT2D eigenvalue weighted by Gasteiger charge is 2.50. The van der Waals surface area contributed by atoms with Crippen molar-refractivity contribution in [3.05, 3.63) is 100 Å². The highest BCUT2D eigenvalue weighted by molar-refractivity contribution is 5.81. The molecule has 0 spiro atoms. The van der Waals surface area contributed by atoms with Crippen molar-refractivity contribution in [1.82, 2.24) is 10.2 Å². The molecule has 0 bridgehead atoms. The fraction of sp³-hybridized carbons (Fsp3) is 0.472. The second-order valence-corrected chi connectivity index (χ2v) is 12.1. The maximum absolute atomic E-state index is 14.7. The maximum Gasteiger partial charge on any atom is 0.230 e. The fourth-order valence-corrected chi connectivity index (χ4v) is 6.18. The minimum absolute atomic E-state index is 0.0594. The van der Waals surface area contributed by atoms with Crippen molar-refractivity contribution in [2.75, 3.05) is 47.1 Å². The summed E-state index contributed by atoms with van der Waals surface area (Å²) in [5, 5.41) is 3.34. The normalized spacial score (nSPS) is 19.6. The Hall–Kier alpha value is -3.44. The molecule has 5 rings (SSSR count). The van der Waals surface area contributed by atoms with Crippen LogP contribution >= 0.6 is 0 Å². The van der Waals surface area contributed by atoms with E-state index >= 15 is 0 Å². The van der Waals surface area contributed by atoms with E-state index in [1.807, 2.05) is 17.0 Å². The van der Waals surface area contributed by atoms with Crippen LogP contribution < -0.4 is 10.1 Å². The number of benzene rings is 3. The number of piperidine rings is 1. The Labute approximate surface area is 269 Å². The lowest BCUT2D eigenvalue weighted by Gasteiger charge is -2.45. The fourth-order valence-electron chi connectivity index (χ4n) is 6.18. The van der Waals surface area contributed by atoms with Gasteiger partial charge in [-0.05, 0) is 97.3 Å². The van der Waals surface area contributed by atoms with Crippen LogP contribution in [0, 0.1) is 23.4 Å². The number of carbonyl (C=O) groups excluding carboxylic acids is 1. The van der Waals surface area contributed by atoms with Crippen molar-refractivity contribution < 1.29 is 36.9 Å². The molecule has 1 saturated heterocycles. The first-order chi connectivity index (χ1) is 22.3. The van der Waals surface area contributed by atoms with Gasteiger partial charge in [0.25, 0.3) is 0 Å². The van der Waals surface area contributed by atoms with E-state index in [9.17, 15) is 18.0 Å². The number of hydrogen-bond donors (Lipinski definition) is 1. The van der Waals surface area contributed by atoms with Crippen molar-refractivity contribution in [2.45, 2.75) is 56.9 Å². The van der Waals surface area contributed by atoms with Crippen LogP contribution in [-0.2, 0) is 44.2 Å². The molecule has 0 aromatic heterocycles. The van der Waals surface area contributed by atoms with Crippen molar-refractivity contribution in [1.29, 1.82) is 0 Å². The number of nitrogens with one attached hydrogen (secondary N) is 1. The van der Waals surface area contributed by atoms with Crippen LogP contribution in [0.1, 0.15) is 47.9 Å². The van der Waals surface area contributed by atoms with Crippen molar-refractivity contribution in [3.63, 3.8) is 0 Å². The van der Waals surface area contributed by atoms with Crippen LogP contribution in [0.15, 0.2) is 60.7 Å². The topological polar surface area (TPSA) is 69.3 Å². The van der Waals surface area contributed by atoms with E-state index in [1.165, 1.54) is 18.2 Å². The molecule has 2 unspecified atom stereocenters. The highest BCUT2D eigenvalue weighted by Crippen LogP contribution is 2.43. The van der Waals surface area contributed by atoms with Crippen LogP contribution in [0.2, 0.25) is 0 Å². The SMILES string of the molecule is COCCCc1cc(CN(C(=O)C2CNCCC2(OCc2ccc(F)cc2)c2ccc(F)c(F)c2)C2CC2)cc(OCCOC)c1. The lowest BCUT2D eigenvalue weighted by atomic mass is 9.75. The van der Waals surface area contributed by atoms with E-state index in [0.29, 0.717) is 62.8 Å². The molecule has 1 saturated carbocycles. The minimum atomic E-state index is -1.24. The number of aryl methyl sites for hydroxylation is 1. The number of hydrogen-bond acceptors (Lipinski definition) is 6. The van der Waals surface area contributed by atoms with Gasteiger partial charge in [-0.2, -0.15) is 0 Å². The van der Waals surface area contributed by atoms with Gasteiger partial charge in [-0.15, -0.1) is 0 Å². The Kier molecular flexibility index (Phi) is 11.7. The van der Waals surface area contributed by atoms with Crippen molar-refractivity contribution in [2.24, 2.45) is 5.92 Å². The minimum Gasteiger partial charge on any atom is -0.491 e. The van der Waals surface area contributed by atoms with Gasteiger partial charge in [-0.25, -0.2) is 13.2 Å². The Bertz CT molecular complexity index is 1420. The second-order valence-electron chi connectivity index (χ2n) is 12.1. The average molecular weight is 641 g/mol. The van der Waals surface area contributed by atoms with Crippen LogP contribution in [0.25, 0.3) is 0 Å². The number of rotatable bonds is 16. The number of halogens is 3. The summed E-state index contributed by atoms with van der Waals surface area (Å²) in [5.74, 6) is -2.48. The molecule has 46 heavy (non-hydrogen) atoms. The van der Waals surface area contributed by atoms with Gasteiger partial charge in [0.1, 0.15) is 23.8 Å². The predicted octanol–water partition coefficient (Wildman–Crippen LogP) is 5.92. The Morgan fingerprint density at radius 3 is 2.37 bits per heavy atom. The van der Waals surface area contributed by atoms with Crippen LogP contribution in [0.4, 0.5) is 13.2 Å². The molecule has 10 heteroatoms. The third-order valence-corrected chi connectivity index (χ3v) is 8.72. The Morgan fingerprint density at radius 2 is 1.65 bits per heavy atom. The molecule has 1 heterocycles. The number of nitrogens with zero attached hydrogens (tertiary/aromatic N) is 1. The standard InChI is InChI=1S/C36H43F3N2O5/c1-43-15-3-4-26-18-27(20-31(19-26)45-17-16-44-2)23-41(30-10-11-30)35(42)32-22-40-14-13-36(32,28-7-12-33(38)34(39)21-28)46-24-25-5-8-29(37)9-6-25/h5-9,12,18-21,30,32,40H,3-4,10-11,13-17,22-24H2,1-2H3. The molecule has 1 N–H and O–H groups in total. The first kappa shape index (κ1) is 33.9. The van der Waals surface area contributed by atoms with Gasteiger partial charge in [-0.1, -0.05) is 24.3 Å². The van der Waals surface area contributed by atoms with Gasteiger partial charge in [0.15, 0.2) is 11.6 Å². The van der Waals surface area contributed by atoms with E-state index in [-0.39, 0.29) is 24.4 Å². The van der Waals surface area contributed by atoms with Crippen LogP contribution in [-0.4, -0.2) is 64.0 Å². The smallest absolute Gasteiger partial charge is 0.230 e. The molecular formula is C36H43F3N2O5. The van der Waals surface area contributed by atoms with E-state index in [4.69, 9.17) is 18.9 Å². The van der Waals surface area contributed by atoms with Crippen LogP contribution in [0.3, 0.4) is 0 Å². The predicted molar refractivity (Wildman–Crippen MR) is 168 cm³/mol. The Morgan fingerprint density at radius 1 is 0.891 bits per heavy atom. The van der Waals surface area contributed by atoms with E-state index < -0.39 is 23.2 Å². The quantitative estimate of drug-likeness (QED) is 0.196. The average Bonchev–Trinajstić information content (AvgIpc) is 3.90. The first-order valence-electron chi connectivity index (χ1n) is 15.9. The molecule has 3 aromatic rings. The lowest BCUT2D eigenvalue weighted by Crippen LogP contribution is -2.56. The molecular weight excluding hydrogens is 597 g/mol. The van der Waals surface area contributed by atoms with Gasteiger partial charge < -0.3 is 29.2 Å². The summed E-state index contributed by atoms with van der Waals surface area (Å²) in [6.07, 6.45) is 3.76. The van der Waals surface area contributed by atoms with Gasteiger partial charge in [0.05, 0.1) is 19.1 Å². The molecule has 2 fully saturated rings. The third-order valence-electron chi connectivity index (χ3n) is 8.72. The van der Waals surface area contributed by atoms with Gasteiger partial charge >= 0.3 is 0 Å². The molecule has 2 atom stereocenters. The highest BCUT2D eigenvalue weighted by atomic mass is 19.2. The summed E-state index contributed by atoms with van der Waals surface area (Å²) < 4.78 is 65.5. The van der Waals surface area contributed by atoms with E-state index in [0.717, 1.165) is 48.9 Å². The van der Waals surface area contributed by atoms with E-state index in [1.54, 1.807) is 26.4 Å². The van der Waals surface area contributed by atoms with Crippen molar-refractivity contribution in [3.8, 4) is 5.75 Å². The second kappa shape index (κ2) is 15.9. The third kappa shape index (κ3) is 8.47. The zero-order valence-electron chi connectivity index (χ0n) is 26.5. The summed E-state index contributed by atoms with van der Waals surface area (Å²) in [6.45, 7) is 2.74. The zero-order chi connectivity index (χ0) is 32.5. The van der Waals surface area contributed by atoms with Gasteiger partial charge in [-0.3, -0.25) is 4.79 Å². The summed E-state index contributed by atoms with van der Waals surface area (Å²) in [5.41, 5.74) is 1.89. The molecule has 2 aliphatic rings. The summed E-state index contributed by atoms with van der Waals surface area (Å²) >= 11 is 0. The molecule has 248 valence electrons. The Balaban J connectivity index is 1.46. The summed E-state index contributed by atoms with van der Waals surface area (Å²) in [6, 6.07) is 15.8. The molecule has 1 aliphatic heterocycles. The molecule has 7 nitrogen and oxygen atoms in total. The molecule has 1 aliphatic carbocycles. The zero-order valence-corrected chi connectivity index (χ0v) is 26.5. The number of carbonyl (C=O) groups is 1. The molecule has 3 aromatic carbocycles. The first-order valence-corrected chi connectivity index (χ1v) is 15.9. The van der Waals surface area contributed by atoms with Crippen LogP contribution in [0.5, 0.6) is 5.75 Å². The summed E-state index contributed by atoms with van der Waals surface area (Å²) in [7, 11) is 3.30. The molecule has 1 amide bonds. The van der Waals surface area contributed by atoms with E-state index in [2.05, 4.69) is 11.4 Å². The number of amides is 1. The van der Waals surface area contributed by atoms with Crippen molar-refractivity contribution >= 4 is 5.91 Å². The summed E-state index contributed by atoms with van der Waals surface area (Å²) in [4.78, 5) is 16.6. The largest absolute Gasteiger partial charge is 0.491 e. The number of methoxy groups -OCH3 is 2. The van der Waals surface area contributed by atoms with Gasteiger partial charge in [0.2, 0.25) is 5.91 Å². The van der Waals surface area contributed by atoms with Gasteiger partial charge in [0, 0.05) is 40.0 Å². The number of ether oxygens (including phenoxy) is 4.